The summed E-state index contributed by atoms with van der Waals surface area (Å²) in [7, 11) is 0. The molecular formula is C13H17N3O5. The Bertz CT molecular complexity index is 551. The molecule has 1 amide bonds. The number of nitrogens with one attached hydrogen (secondary N) is 1. The summed E-state index contributed by atoms with van der Waals surface area (Å²) in [4.78, 5) is 36.2. The van der Waals surface area contributed by atoms with Gasteiger partial charge in [-0.15, -0.1) is 0 Å². The van der Waals surface area contributed by atoms with Gasteiger partial charge < -0.3 is 10.1 Å². The van der Waals surface area contributed by atoms with Gasteiger partial charge in [0.2, 0.25) is 0 Å². The van der Waals surface area contributed by atoms with E-state index in [0.717, 1.165) is 6.07 Å². The van der Waals surface area contributed by atoms with E-state index in [0.29, 0.717) is 12.0 Å². The van der Waals surface area contributed by atoms with Crippen molar-refractivity contribution >= 4 is 18.1 Å². The molecule has 0 aliphatic carbocycles. The lowest BCUT2D eigenvalue weighted by molar-refractivity contribution is -0.385. The van der Waals surface area contributed by atoms with E-state index < -0.39 is 16.6 Å². The molecule has 0 bridgehead atoms. The van der Waals surface area contributed by atoms with Crippen LogP contribution >= 0.6 is 0 Å². The number of pyridine rings is 1. The van der Waals surface area contributed by atoms with Crippen LogP contribution in [-0.4, -0.2) is 34.4 Å². The van der Waals surface area contributed by atoms with Crippen molar-refractivity contribution in [3.05, 3.63) is 33.6 Å². The molecule has 1 aromatic heterocycles. The van der Waals surface area contributed by atoms with Gasteiger partial charge in [-0.1, -0.05) is 0 Å². The Hall–Kier alpha value is -2.51. The van der Waals surface area contributed by atoms with Crippen LogP contribution in [-0.2, 0) is 11.2 Å². The first-order valence-corrected chi connectivity index (χ1v) is 6.28. The summed E-state index contributed by atoms with van der Waals surface area (Å²) in [5, 5.41) is 13.2. The predicted octanol–water partition coefficient (Wildman–Crippen LogP) is 1.87. The fourth-order valence-corrected chi connectivity index (χ4v) is 1.49. The number of aldehydes is 1. The Labute approximate surface area is 121 Å². The molecule has 0 aliphatic rings. The third kappa shape index (κ3) is 5.98. The Kier molecular flexibility index (Phi) is 5.34. The molecule has 0 atom stereocenters. The number of nitro groups is 1. The van der Waals surface area contributed by atoms with E-state index in [1.165, 1.54) is 6.07 Å². The Balaban J connectivity index is 2.63. The van der Waals surface area contributed by atoms with Gasteiger partial charge >= 0.3 is 6.09 Å². The van der Waals surface area contributed by atoms with E-state index >= 15 is 0 Å². The summed E-state index contributed by atoms with van der Waals surface area (Å²) in [6.07, 6.45) is 0.114. The fraction of sp³-hybridized carbons (Fsp3) is 0.462. The van der Waals surface area contributed by atoms with Crippen LogP contribution in [0.25, 0.3) is 0 Å². The number of ether oxygens (including phenoxy) is 1. The van der Waals surface area contributed by atoms with Crippen LogP contribution in [0.4, 0.5) is 10.5 Å². The molecule has 1 N–H and O–H groups in total. The number of nitrogens with zero attached hydrogens (tertiary/aromatic N) is 2. The number of hydrogen-bond acceptors (Lipinski definition) is 6. The van der Waals surface area contributed by atoms with Crippen molar-refractivity contribution in [3.8, 4) is 0 Å². The molecule has 1 rings (SSSR count). The number of hydrogen-bond donors (Lipinski definition) is 1. The summed E-state index contributed by atoms with van der Waals surface area (Å²) in [5.41, 5.74) is -0.475. The standard InChI is InChI=1S/C13H17N3O5/c1-13(2,3)21-12(18)14-5-4-9-6-11(16(19)20)7-10(8-17)15-9/h6-8H,4-5H2,1-3H3,(H,14,18). The number of aromatic nitrogens is 1. The minimum absolute atomic E-state index is 0.0172. The second kappa shape index (κ2) is 6.78. The highest BCUT2D eigenvalue weighted by Gasteiger charge is 2.16. The topological polar surface area (TPSA) is 111 Å². The summed E-state index contributed by atoms with van der Waals surface area (Å²) >= 11 is 0. The van der Waals surface area contributed by atoms with E-state index in [1.54, 1.807) is 20.8 Å². The average Bonchev–Trinajstić information content (AvgIpc) is 2.36. The summed E-state index contributed by atoms with van der Waals surface area (Å²) in [6, 6.07) is 2.36. The van der Waals surface area contributed by atoms with Gasteiger partial charge in [0.05, 0.1) is 4.92 Å². The smallest absolute Gasteiger partial charge is 0.407 e. The maximum absolute atomic E-state index is 11.4. The highest BCUT2D eigenvalue weighted by atomic mass is 16.6. The van der Waals surface area contributed by atoms with Crippen molar-refractivity contribution < 1.29 is 19.2 Å². The molecule has 0 aromatic carbocycles. The molecule has 8 nitrogen and oxygen atoms in total. The Morgan fingerprint density at radius 1 is 1.48 bits per heavy atom. The molecule has 1 heterocycles. The van der Waals surface area contributed by atoms with Gasteiger partial charge in [0, 0.05) is 30.8 Å². The van der Waals surface area contributed by atoms with Crippen molar-refractivity contribution in [2.45, 2.75) is 32.8 Å². The first-order chi connectivity index (χ1) is 9.71. The van der Waals surface area contributed by atoms with E-state index in [1.807, 2.05) is 0 Å². The average molecular weight is 295 g/mol. The molecule has 114 valence electrons. The fourth-order valence-electron chi connectivity index (χ4n) is 1.49. The van der Waals surface area contributed by atoms with E-state index in [-0.39, 0.29) is 24.3 Å². The van der Waals surface area contributed by atoms with E-state index in [2.05, 4.69) is 10.3 Å². The van der Waals surface area contributed by atoms with Crippen LogP contribution < -0.4 is 5.32 Å². The quantitative estimate of drug-likeness (QED) is 0.504. The number of carbonyl (C=O) groups excluding carboxylic acids is 2. The van der Waals surface area contributed by atoms with Crippen LogP contribution in [0.15, 0.2) is 12.1 Å². The van der Waals surface area contributed by atoms with Crippen molar-refractivity contribution in [2.24, 2.45) is 0 Å². The lowest BCUT2D eigenvalue weighted by Gasteiger charge is -2.19. The zero-order valence-corrected chi connectivity index (χ0v) is 12.1. The molecule has 21 heavy (non-hydrogen) atoms. The predicted molar refractivity (Wildman–Crippen MR) is 74.2 cm³/mol. The van der Waals surface area contributed by atoms with Crippen LogP contribution in [0.2, 0.25) is 0 Å². The third-order valence-corrected chi connectivity index (χ3v) is 2.26. The van der Waals surface area contributed by atoms with Gasteiger partial charge in [-0.3, -0.25) is 14.9 Å². The number of carbonyl (C=O) groups is 2. The maximum Gasteiger partial charge on any atom is 0.407 e. The minimum Gasteiger partial charge on any atom is -0.444 e. The number of rotatable bonds is 5. The molecule has 0 radical (unpaired) electrons. The highest BCUT2D eigenvalue weighted by molar-refractivity contribution is 5.73. The molecule has 0 spiro atoms. The van der Waals surface area contributed by atoms with Crippen LogP contribution in [0.5, 0.6) is 0 Å². The molecule has 0 fully saturated rings. The van der Waals surface area contributed by atoms with Crippen molar-refractivity contribution in [1.82, 2.24) is 10.3 Å². The van der Waals surface area contributed by atoms with Crippen LogP contribution in [0.1, 0.15) is 37.0 Å². The largest absolute Gasteiger partial charge is 0.444 e. The van der Waals surface area contributed by atoms with Crippen LogP contribution in [0.3, 0.4) is 0 Å². The number of amides is 1. The van der Waals surface area contributed by atoms with E-state index in [4.69, 9.17) is 4.74 Å². The highest BCUT2D eigenvalue weighted by Crippen LogP contribution is 2.13. The Morgan fingerprint density at radius 2 is 2.14 bits per heavy atom. The van der Waals surface area contributed by atoms with Gasteiger partial charge in [0.1, 0.15) is 11.3 Å². The molecular weight excluding hydrogens is 278 g/mol. The molecule has 1 aromatic rings. The van der Waals surface area contributed by atoms with E-state index in [9.17, 15) is 19.7 Å². The SMILES string of the molecule is CC(C)(C)OC(=O)NCCc1cc([N+](=O)[O-])cc(C=O)n1. The van der Waals surface area contributed by atoms with Gasteiger partial charge in [-0.2, -0.15) is 0 Å². The molecule has 0 saturated carbocycles. The molecule has 0 saturated heterocycles. The summed E-state index contributed by atoms with van der Waals surface area (Å²) in [6.45, 7) is 5.42. The lowest BCUT2D eigenvalue weighted by atomic mass is 10.2. The first-order valence-electron chi connectivity index (χ1n) is 6.28. The summed E-state index contributed by atoms with van der Waals surface area (Å²) < 4.78 is 5.05. The van der Waals surface area contributed by atoms with Crippen molar-refractivity contribution in [2.75, 3.05) is 6.54 Å². The van der Waals surface area contributed by atoms with Crippen molar-refractivity contribution in [3.63, 3.8) is 0 Å². The zero-order valence-electron chi connectivity index (χ0n) is 12.1. The van der Waals surface area contributed by atoms with Gasteiger partial charge in [-0.25, -0.2) is 9.78 Å². The normalized spacial score (nSPS) is 10.8. The molecule has 8 heteroatoms. The minimum atomic E-state index is -0.599. The summed E-state index contributed by atoms with van der Waals surface area (Å²) in [5.74, 6) is 0. The zero-order chi connectivity index (χ0) is 16.0. The lowest BCUT2D eigenvalue weighted by Crippen LogP contribution is -2.33. The Morgan fingerprint density at radius 3 is 2.67 bits per heavy atom. The monoisotopic (exact) mass is 295 g/mol. The van der Waals surface area contributed by atoms with Crippen molar-refractivity contribution in [1.29, 1.82) is 0 Å². The van der Waals surface area contributed by atoms with Crippen LogP contribution in [0, 0.1) is 10.1 Å². The number of alkyl carbamates (subject to hydrolysis) is 1. The second-order valence-electron chi connectivity index (χ2n) is 5.30. The second-order valence-corrected chi connectivity index (χ2v) is 5.30. The third-order valence-electron chi connectivity index (χ3n) is 2.26. The van der Waals surface area contributed by atoms with Gasteiger partial charge in [0.15, 0.2) is 6.29 Å². The maximum atomic E-state index is 11.4. The van der Waals surface area contributed by atoms with Gasteiger partial charge in [-0.05, 0) is 20.8 Å². The van der Waals surface area contributed by atoms with Gasteiger partial charge in [0.25, 0.3) is 5.69 Å². The molecule has 0 aliphatic heterocycles. The molecule has 0 unspecified atom stereocenters. The first kappa shape index (κ1) is 16.5.